The van der Waals surface area contributed by atoms with Crippen molar-refractivity contribution in [3.8, 4) is 0 Å². The molecule has 0 amide bonds. The van der Waals surface area contributed by atoms with Crippen molar-refractivity contribution < 1.29 is 9.13 Å². The third kappa shape index (κ3) is 4.69. The van der Waals surface area contributed by atoms with Crippen molar-refractivity contribution in [1.29, 1.82) is 0 Å². The van der Waals surface area contributed by atoms with Crippen LogP contribution in [0.15, 0.2) is 29.3 Å². The van der Waals surface area contributed by atoms with Crippen molar-refractivity contribution in [2.75, 3.05) is 26.2 Å². The molecule has 1 saturated heterocycles. The second-order valence-electron chi connectivity index (χ2n) is 6.86. The summed E-state index contributed by atoms with van der Waals surface area (Å²) in [5.74, 6) is 1.65. The summed E-state index contributed by atoms with van der Waals surface area (Å²) in [6.45, 7) is 7.49. The van der Waals surface area contributed by atoms with Gasteiger partial charge < -0.3 is 15.0 Å². The van der Waals surface area contributed by atoms with Crippen molar-refractivity contribution in [1.82, 2.24) is 10.2 Å². The largest absolute Gasteiger partial charge is 0.367 e. The van der Waals surface area contributed by atoms with Gasteiger partial charge >= 0.3 is 0 Å². The van der Waals surface area contributed by atoms with Gasteiger partial charge in [0, 0.05) is 19.6 Å². The third-order valence-electron chi connectivity index (χ3n) is 4.63. The van der Waals surface area contributed by atoms with E-state index in [9.17, 15) is 4.39 Å². The quantitative estimate of drug-likeness (QED) is 0.663. The first-order valence-electron chi connectivity index (χ1n) is 9.10. The Morgan fingerprint density at radius 2 is 2.04 bits per heavy atom. The Balaban J connectivity index is 1.68. The maximum absolute atomic E-state index is 13.2. The molecule has 2 aliphatic rings. The number of benzene rings is 1. The Bertz CT molecular complexity index is 556. The van der Waals surface area contributed by atoms with E-state index in [0.717, 1.165) is 43.6 Å². The van der Waals surface area contributed by atoms with E-state index in [4.69, 9.17) is 9.73 Å². The Morgan fingerprint density at radius 1 is 1.29 bits per heavy atom. The zero-order valence-electron chi connectivity index (χ0n) is 14.7. The van der Waals surface area contributed by atoms with E-state index in [-0.39, 0.29) is 18.0 Å². The number of morpholine rings is 1. The standard InChI is InChI=1S/C19H28FN3O/c1-3-21-19(22-11-10-15-4-5-15)23-12-14(2)24-18(13-23)16-6-8-17(20)9-7-16/h6-9,14-15,18H,3-5,10-13H2,1-2H3,(H,21,22). The molecule has 0 bridgehead atoms. The molecule has 1 aliphatic heterocycles. The van der Waals surface area contributed by atoms with Crippen molar-refractivity contribution in [3.63, 3.8) is 0 Å². The second kappa shape index (κ2) is 7.97. The van der Waals surface area contributed by atoms with Crippen LogP contribution in [0.4, 0.5) is 4.39 Å². The van der Waals surface area contributed by atoms with Crippen LogP contribution < -0.4 is 5.32 Å². The summed E-state index contributed by atoms with van der Waals surface area (Å²) in [5.41, 5.74) is 1.02. The molecular formula is C19H28FN3O. The molecule has 1 aliphatic carbocycles. The van der Waals surface area contributed by atoms with E-state index in [1.807, 2.05) is 12.1 Å². The van der Waals surface area contributed by atoms with Gasteiger partial charge in [0.1, 0.15) is 11.9 Å². The fourth-order valence-electron chi connectivity index (χ4n) is 3.17. The van der Waals surface area contributed by atoms with Gasteiger partial charge in [0.15, 0.2) is 5.96 Å². The fraction of sp³-hybridized carbons (Fsp3) is 0.632. The van der Waals surface area contributed by atoms with E-state index in [2.05, 4.69) is 24.1 Å². The number of aliphatic imine (C=N–C) groups is 1. The zero-order chi connectivity index (χ0) is 16.9. The minimum atomic E-state index is -0.213. The van der Waals surface area contributed by atoms with E-state index in [0.29, 0.717) is 0 Å². The molecule has 24 heavy (non-hydrogen) atoms. The Labute approximate surface area is 144 Å². The molecule has 4 nitrogen and oxygen atoms in total. The van der Waals surface area contributed by atoms with Crippen molar-refractivity contribution in [3.05, 3.63) is 35.6 Å². The fourth-order valence-corrected chi connectivity index (χ4v) is 3.17. The first-order valence-corrected chi connectivity index (χ1v) is 9.10. The average molecular weight is 333 g/mol. The first-order chi connectivity index (χ1) is 11.7. The summed E-state index contributed by atoms with van der Waals surface area (Å²) in [7, 11) is 0. The normalized spacial score (nSPS) is 25.0. The minimum Gasteiger partial charge on any atom is -0.367 e. The zero-order valence-corrected chi connectivity index (χ0v) is 14.7. The molecule has 3 rings (SSSR count). The molecule has 1 saturated carbocycles. The number of rotatable bonds is 5. The summed E-state index contributed by atoms with van der Waals surface area (Å²) in [6, 6.07) is 6.62. The highest BCUT2D eigenvalue weighted by atomic mass is 19.1. The maximum Gasteiger partial charge on any atom is 0.194 e. The number of nitrogens with one attached hydrogen (secondary N) is 1. The van der Waals surface area contributed by atoms with Crippen LogP contribution in [0.2, 0.25) is 0 Å². The number of hydrogen-bond donors (Lipinski definition) is 1. The van der Waals surface area contributed by atoms with Crippen LogP contribution in [-0.4, -0.2) is 43.1 Å². The Kier molecular flexibility index (Phi) is 5.72. The number of ether oxygens (including phenoxy) is 1. The molecule has 2 unspecified atom stereocenters. The van der Waals surface area contributed by atoms with Crippen LogP contribution in [0.1, 0.15) is 44.8 Å². The lowest BCUT2D eigenvalue weighted by atomic mass is 10.1. The molecule has 132 valence electrons. The van der Waals surface area contributed by atoms with Crippen LogP contribution in [0.3, 0.4) is 0 Å². The van der Waals surface area contributed by atoms with Crippen molar-refractivity contribution >= 4 is 5.96 Å². The molecule has 1 aromatic carbocycles. The van der Waals surface area contributed by atoms with Gasteiger partial charge in [-0.15, -0.1) is 0 Å². The predicted octanol–water partition coefficient (Wildman–Crippen LogP) is 3.35. The summed E-state index contributed by atoms with van der Waals surface area (Å²) < 4.78 is 19.2. The van der Waals surface area contributed by atoms with Gasteiger partial charge in [0.2, 0.25) is 0 Å². The number of halogens is 1. The summed E-state index contributed by atoms with van der Waals surface area (Å²) in [6.07, 6.45) is 3.99. The van der Waals surface area contributed by atoms with Crippen LogP contribution in [0.25, 0.3) is 0 Å². The van der Waals surface area contributed by atoms with Crippen LogP contribution in [0.5, 0.6) is 0 Å². The molecule has 2 fully saturated rings. The van der Waals surface area contributed by atoms with E-state index in [1.165, 1.54) is 31.4 Å². The summed E-state index contributed by atoms with van der Waals surface area (Å²) in [5, 5.41) is 3.41. The van der Waals surface area contributed by atoms with Crippen LogP contribution in [-0.2, 0) is 4.74 Å². The molecule has 5 heteroatoms. The van der Waals surface area contributed by atoms with Gasteiger partial charge in [-0.1, -0.05) is 25.0 Å². The first kappa shape index (κ1) is 17.2. The van der Waals surface area contributed by atoms with Crippen molar-refractivity contribution in [2.45, 2.75) is 45.3 Å². The molecular weight excluding hydrogens is 305 g/mol. The number of nitrogens with zero attached hydrogens (tertiary/aromatic N) is 2. The van der Waals surface area contributed by atoms with Crippen molar-refractivity contribution in [2.24, 2.45) is 10.9 Å². The number of guanidine groups is 1. The molecule has 1 N–H and O–H groups in total. The van der Waals surface area contributed by atoms with Gasteiger partial charge in [-0.2, -0.15) is 0 Å². The van der Waals surface area contributed by atoms with E-state index in [1.54, 1.807) is 0 Å². The smallest absolute Gasteiger partial charge is 0.194 e. The molecule has 0 spiro atoms. The van der Waals surface area contributed by atoms with Crippen LogP contribution >= 0.6 is 0 Å². The highest BCUT2D eigenvalue weighted by Crippen LogP contribution is 2.32. The monoisotopic (exact) mass is 333 g/mol. The SMILES string of the molecule is CCNC(=NCCC1CC1)N1CC(C)OC(c2ccc(F)cc2)C1. The van der Waals surface area contributed by atoms with Gasteiger partial charge in [0.05, 0.1) is 12.6 Å². The van der Waals surface area contributed by atoms with E-state index < -0.39 is 0 Å². The molecule has 1 heterocycles. The van der Waals surface area contributed by atoms with E-state index >= 15 is 0 Å². The molecule has 0 radical (unpaired) electrons. The Morgan fingerprint density at radius 3 is 2.71 bits per heavy atom. The topological polar surface area (TPSA) is 36.9 Å². The summed E-state index contributed by atoms with van der Waals surface area (Å²) >= 11 is 0. The minimum absolute atomic E-state index is 0.0540. The average Bonchev–Trinajstić information content (AvgIpc) is 3.38. The molecule has 1 aromatic rings. The summed E-state index contributed by atoms with van der Waals surface area (Å²) in [4.78, 5) is 7.09. The molecule has 2 atom stereocenters. The Hall–Kier alpha value is -1.62. The maximum atomic E-state index is 13.2. The second-order valence-corrected chi connectivity index (χ2v) is 6.86. The lowest BCUT2D eigenvalue weighted by Gasteiger charge is -2.38. The van der Waals surface area contributed by atoms with Gasteiger partial charge in [-0.25, -0.2) is 4.39 Å². The highest BCUT2D eigenvalue weighted by Gasteiger charge is 2.28. The van der Waals surface area contributed by atoms with Gasteiger partial charge in [-0.3, -0.25) is 4.99 Å². The third-order valence-corrected chi connectivity index (χ3v) is 4.63. The van der Waals surface area contributed by atoms with Gasteiger partial charge in [0.25, 0.3) is 0 Å². The van der Waals surface area contributed by atoms with Gasteiger partial charge in [-0.05, 0) is 43.9 Å². The van der Waals surface area contributed by atoms with Crippen LogP contribution in [0, 0.1) is 11.7 Å². The highest BCUT2D eigenvalue weighted by molar-refractivity contribution is 5.80. The lowest BCUT2D eigenvalue weighted by Crippen LogP contribution is -2.50. The number of hydrogen-bond acceptors (Lipinski definition) is 2. The lowest BCUT2D eigenvalue weighted by molar-refractivity contribution is -0.0605. The molecule has 0 aromatic heterocycles. The predicted molar refractivity (Wildman–Crippen MR) is 94.6 cm³/mol.